The Balaban J connectivity index is 1.65. The first-order valence-corrected chi connectivity index (χ1v) is 8.08. The van der Waals surface area contributed by atoms with Gasteiger partial charge in [0, 0.05) is 18.3 Å². The number of thioether (sulfide) groups is 1. The molecule has 2 rings (SSSR count). The summed E-state index contributed by atoms with van der Waals surface area (Å²) in [6.07, 6.45) is 2.05. The van der Waals surface area contributed by atoms with Gasteiger partial charge in [-0.1, -0.05) is 12.1 Å². The van der Waals surface area contributed by atoms with Gasteiger partial charge in [0.15, 0.2) is 0 Å². The van der Waals surface area contributed by atoms with E-state index in [9.17, 15) is 5.11 Å². The fraction of sp³-hybridized carbons (Fsp3) is 0.600. The van der Waals surface area contributed by atoms with Gasteiger partial charge in [-0.2, -0.15) is 11.8 Å². The van der Waals surface area contributed by atoms with Crippen molar-refractivity contribution < 1.29 is 9.84 Å². The quantitative estimate of drug-likeness (QED) is 0.839. The van der Waals surface area contributed by atoms with Gasteiger partial charge in [-0.3, -0.25) is 0 Å². The first-order valence-electron chi connectivity index (χ1n) is 6.92. The summed E-state index contributed by atoms with van der Waals surface area (Å²) in [6.45, 7) is 2.99. The van der Waals surface area contributed by atoms with Crippen LogP contribution in [0.25, 0.3) is 0 Å². The summed E-state index contributed by atoms with van der Waals surface area (Å²) >= 11 is 1.99. The van der Waals surface area contributed by atoms with Crippen LogP contribution in [0.1, 0.15) is 18.4 Å². The fourth-order valence-corrected chi connectivity index (χ4v) is 3.27. The molecule has 0 amide bonds. The Bertz CT molecular complexity index is 380. The number of hydrogen-bond donors (Lipinski definition) is 2. The topological polar surface area (TPSA) is 41.5 Å². The third kappa shape index (κ3) is 5.43. The molecular formula is C15H23NO2S. The summed E-state index contributed by atoms with van der Waals surface area (Å²) in [5, 5.41) is 13.3. The van der Waals surface area contributed by atoms with E-state index in [4.69, 9.17) is 4.74 Å². The minimum atomic E-state index is -0.451. The molecule has 2 unspecified atom stereocenters. The number of aliphatic hydroxyl groups excluding tert-OH is 1. The van der Waals surface area contributed by atoms with Crippen molar-refractivity contribution in [3.8, 4) is 5.75 Å². The molecule has 2 N–H and O–H groups in total. The van der Waals surface area contributed by atoms with Gasteiger partial charge in [-0.05, 0) is 43.2 Å². The Kier molecular flexibility index (Phi) is 6.01. The van der Waals surface area contributed by atoms with Gasteiger partial charge in [-0.25, -0.2) is 0 Å². The Morgan fingerprint density at radius 1 is 1.53 bits per heavy atom. The van der Waals surface area contributed by atoms with E-state index in [0.29, 0.717) is 19.2 Å². The molecule has 0 saturated carbocycles. The minimum absolute atomic E-state index is 0.344. The van der Waals surface area contributed by atoms with E-state index in [1.54, 1.807) is 0 Å². The van der Waals surface area contributed by atoms with Gasteiger partial charge < -0.3 is 15.2 Å². The van der Waals surface area contributed by atoms with E-state index in [-0.39, 0.29) is 0 Å². The minimum Gasteiger partial charge on any atom is -0.491 e. The summed E-state index contributed by atoms with van der Waals surface area (Å²) in [5.74, 6) is 3.26. The molecule has 1 aromatic rings. The Labute approximate surface area is 119 Å². The summed E-state index contributed by atoms with van der Waals surface area (Å²) in [4.78, 5) is 0. The maximum absolute atomic E-state index is 9.92. The van der Waals surface area contributed by atoms with Gasteiger partial charge in [0.05, 0.1) is 0 Å². The van der Waals surface area contributed by atoms with Crippen molar-refractivity contribution in [2.24, 2.45) is 0 Å². The monoisotopic (exact) mass is 281 g/mol. The first kappa shape index (κ1) is 14.7. The molecule has 1 aliphatic heterocycles. The van der Waals surface area contributed by atoms with E-state index in [2.05, 4.69) is 5.32 Å². The molecule has 4 heteroatoms. The smallest absolute Gasteiger partial charge is 0.119 e. The van der Waals surface area contributed by atoms with E-state index >= 15 is 0 Å². The molecule has 0 spiro atoms. The molecule has 0 radical (unpaired) electrons. The highest BCUT2D eigenvalue weighted by atomic mass is 32.2. The summed E-state index contributed by atoms with van der Waals surface area (Å²) in [7, 11) is 0. The van der Waals surface area contributed by atoms with Crippen molar-refractivity contribution in [2.45, 2.75) is 31.9 Å². The van der Waals surface area contributed by atoms with Crippen LogP contribution in [-0.4, -0.2) is 41.9 Å². The second-order valence-corrected chi connectivity index (χ2v) is 6.25. The predicted octanol–water partition coefficient (Wildman–Crippen LogP) is 2.22. The predicted molar refractivity (Wildman–Crippen MR) is 81.0 cm³/mol. The molecule has 1 aliphatic rings. The Morgan fingerprint density at radius 3 is 3.16 bits per heavy atom. The number of aryl methyl sites for hydroxylation is 1. The number of aliphatic hydroxyl groups is 1. The van der Waals surface area contributed by atoms with Crippen LogP contribution >= 0.6 is 11.8 Å². The van der Waals surface area contributed by atoms with Crippen molar-refractivity contribution >= 4 is 11.8 Å². The Morgan fingerprint density at radius 2 is 2.42 bits per heavy atom. The zero-order chi connectivity index (χ0) is 13.5. The number of hydrogen-bond acceptors (Lipinski definition) is 4. The lowest BCUT2D eigenvalue weighted by Crippen LogP contribution is -2.40. The lowest BCUT2D eigenvalue weighted by atomic mass is 10.2. The molecule has 3 nitrogen and oxygen atoms in total. The van der Waals surface area contributed by atoms with Crippen LogP contribution in [0, 0.1) is 6.92 Å². The highest BCUT2D eigenvalue weighted by molar-refractivity contribution is 7.99. The largest absolute Gasteiger partial charge is 0.491 e. The second-order valence-electron chi connectivity index (χ2n) is 5.10. The molecule has 1 fully saturated rings. The van der Waals surface area contributed by atoms with Gasteiger partial charge in [-0.15, -0.1) is 0 Å². The van der Waals surface area contributed by atoms with Crippen LogP contribution in [0.3, 0.4) is 0 Å². The second kappa shape index (κ2) is 7.78. The lowest BCUT2D eigenvalue weighted by molar-refractivity contribution is 0.104. The number of benzene rings is 1. The maximum Gasteiger partial charge on any atom is 0.119 e. The van der Waals surface area contributed by atoms with Crippen LogP contribution in [0.15, 0.2) is 24.3 Å². The lowest BCUT2D eigenvalue weighted by Gasteiger charge is -2.24. The van der Waals surface area contributed by atoms with Gasteiger partial charge >= 0.3 is 0 Å². The molecule has 0 aromatic heterocycles. The average molecular weight is 281 g/mol. The molecule has 0 bridgehead atoms. The highest BCUT2D eigenvalue weighted by Gasteiger charge is 2.14. The van der Waals surface area contributed by atoms with Crippen molar-refractivity contribution in [1.29, 1.82) is 0 Å². The molecule has 19 heavy (non-hydrogen) atoms. The molecule has 1 heterocycles. The standard InChI is InChI=1S/C15H23NO2S/c1-12-4-2-6-15(8-12)18-10-14(17)9-16-13-5-3-7-19-11-13/h2,4,6,8,13-14,16-17H,3,5,7,9-11H2,1H3. The summed E-state index contributed by atoms with van der Waals surface area (Å²) < 4.78 is 5.59. The van der Waals surface area contributed by atoms with E-state index in [1.165, 1.54) is 24.2 Å². The van der Waals surface area contributed by atoms with Crippen molar-refractivity contribution in [2.75, 3.05) is 24.7 Å². The van der Waals surface area contributed by atoms with Crippen LogP contribution in [-0.2, 0) is 0 Å². The molecule has 0 aliphatic carbocycles. The maximum atomic E-state index is 9.92. The Hall–Kier alpha value is -0.710. The molecule has 2 atom stereocenters. The van der Waals surface area contributed by atoms with Gasteiger partial charge in [0.2, 0.25) is 0 Å². The number of ether oxygens (including phenoxy) is 1. The van der Waals surface area contributed by atoms with Crippen molar-refractivity contribution in [1.82, 2.24) is 5.32 Å². The third-order valence-corrected chi connectivity index (χ3v) is 4.45. The SMILES string of the molecule is Cc1cccc(OCC(O)CNC2CCCSC2)c1. The first-order chi connectivity index (χ1) is 9.24. The summed E-state index contributed by atoms with van der Waals surface area (Å²) in [6, 6.07) is 8.45. The third-order valence-electron chi connectivity index (χ3n) is 3.23. The highest BCUT2D eigenvalue weighted by Crippen LogP contribution is 2.17. The fourth-order valence-electron chi connectivity index (χ4n) is 2.16. The van der Waals surface area contributed by atoms with Crippen LogP contribution in [0.4, 0.5) is 0 Å². The van der Waals surface area contributed by atoms with E-state index in [0.717, 1.165) is 11.5 Å². The van der Waals surface area contributed by atoms with Crippen molar-refractivity contribution in [3.05, 3.63) is 29.8 Å². The average Bonchev–Trinajstić information content (AvgIpc) is 2.44. The van der Waals surface area contributed by atoms with Gasteiger partial charge in [0.1, 0.15) is 18.5 Å². The van der Waals surface area contributed by atoms with E-state index in [1.807, 2.05) is 43.0 Å². The molecule has 1 aromatic carbocycles. The summed E-state index contributed by atoms with van der Waals surface area (Å²) in [5.41, 5.74) is 1.17. The zero-order valence-electron chi connectivity index (χ0n) is 11.5. The van der Waals surface area contributed by atoms with E-state index < -0.39 is 6.10 Å². The molecule has 106 valence electrons. The van der Waals surface area contributed by atoms with Crippen LogP contribution < -0.4 is 10.1 Å². The normalized spacial score (nSPS) is 21.1. The molecule has 1 saturated heterocycles. The van der Waals surface area contributed by atoms with Crippen LogP contribution in [0.2, 0.25) is 0 Å². The zero-order valence-corrected chi connectivity index (χ0v) is 12.3. The number of rotatable bonds is 6. The number of nitrogens with one attached hydrogen (secondary N) is 1. The van der Waals surface area contributed by atoms with Crippen molar-refractivity contribution in [3.63, 3.8) is 0 Å². The molecular weight excluding hydrogens is 258 g/mol. The van der Waals surface area contributed by atoms with Crippen LogP contribution in [0.5, 0.6) is 5.75 Å². The van der Waals surface area contributed by atoms with Gasteiger partial charge in [0.25, 0.3) is 0 Å².